The van der Waals surface area contributed by atoms with Crippen molar-refractivity contribution < 1.29 is 14.7 Å². The van der Waals surface area contributed by atoms with Crippen LogP contribution in [-0.2, 0) is 4.79 Å². The zero-order valence-electron chi connectivity index (χ0n) is 9.04. The average molecular weight is 273 g/mol. The second kappa shape index (κ2) is 4.00. The van der Waals surface area contributed by atoms with Gasteiger partial charge >= 0.3 is 5.97 Å². The van der Waals surface area contributed by atoms with Gasteiger partial charge in [-0.3, -0.25) is 9.59 Å². The third kappa shape index (κ3) is 2.05. The van der Waals surface area contributed by atoms with Crippen molar-refractivity contribution >= 4 is 35.0 Å². The minimum absolute atomic E-state index is 0.187. The normalized spacial score (nSPS) is 26.6. The second-order valence-electron chi connectivity index (χ2n) is 4.47. The molecule has 0 spiro atoms. The quantitative estimate of drug-likeness (QED) is 0.860. The summed E-state index contributed by atoms with van der Waals surface area (Å²) in [4.78, 5) is 23.0. The number of Topliss-reactive ketones (excluding diaryl/α,β-unsaturated/α-hetero) is 1. The third-order valence-electron chi connectivity index (χ3n) is 3.25. The summed E-state index contributed by atoms with van der Waals surface area (Å²) in [5.41, 5.74) is -0.516. The molecule has 1 fully saturated rings. The summed E-state index contributed by atoms with van der Waals surface area (Å²) in [6, 6.07) is 4.58. The molecule has 0 saturated heterocycles. The van der Waals surface area contributed by atoms with Crippen LogP contribution in [0.4, 0.5) is 0 Å². The van der Waals surface area contributed by atoms with E-state index in [0.29, 0.717) is 22.0 Å². The van der Waals surface area contributed by atoms with Crippen molar-refractivity contribution in [1.29, 1.82) is 0 Å². The number of halogens is 2. The number of carbonyl (C=O) groups excluding carboxylic acids is 1. The van der Waals surface area contributed by atoms with Crippen LogP contribution in [0.3, 0.4) is 0 Å². The number of carboxylic acid groups (broad SMARTS) is 1. The summed E-state index contributed by atoms with van der Waals surface area (Å²) in [6.07, 6.45) is 0.376. The molecule has 1 aromatic rings. The van der Waals surface area contributed by atoms with E-state index in [2.05, 4.69) is 0 Å². The van der Waals surface area contributed by atoms with Crippen LogP contribution < -0.4 is 0 Å². The van der Waals surface area contributed by atoms with Crippen LogP contribution in [0.15, 0.2) is 18.2 Å². The predicted octanol–water partition coefficient (Wildman–Crippen LogP) is 3.29. The van der Waals surface area contributed by atoms with E-state index in [1.165, 1.54) is 12.1 Å². The van der Waals surface area contributed by atoms with Gasteiger partial charge in [0.15, 0.2) is 5.78 Å². The van der Waals surface area contributed by atoms with Crippen LogP contribution in [0.1, 0.15) is 23.7 Å². The lowest BCUT2D eigenvalue weighted by Gasteiger charge is -2.05. The van der Waals surface area contributed by atoms with Crippen LogP contribution in [0.5, 0.6) is 0 Å². The van der Waals surface area contributed by atoms with Gasteiger partial charge in [-0.25, -0.2) is 0 Å². The van der Waals surface area contributed by atoms with Gasteiger partial charge in [-0.05, 0) is 31.5 Å². The Kier molecular flexibility index (Phi) is 2.92. The zero-order valence-corrected chi connectivity index (χ0v) is 10.5. The van der Waals surface area contributed by atoms with Gasteiger partial charge in [-0.2, -0.15) is 0 Å². The van der Waals surface area contributed by atoms with Gasteiger partial charge in [-0.1, -0.05) is 23.2 Å². The summed E-state index contributed by atoms with van der Waals surface area (Å²) >= 11 is 11.6. The molecule has 2 rings (SSSR count). The first kappa shape index (κ1) is 12.4. The summed E-state index contributed by atoms with van der Waals surface area (Å²) < 4.78 is 0. The predicted molar refractivity (Wildman–Crippen MR) is 64.6 cm³/mol. The van der Waals surface area contributed by atoms with Crippen molar-refractivity contribution in [1.82, 2.24) is 0 Å². The third-order valence-corrected chi connectivity index (χ3v) is 3.99. The standard InChI is InChI=1S/C12H10Cl2O3/c1-12(11(16)17)5-7(12)10(15)6-2-3-8(13)9(14)4-6/h2-4,7H,5H2,1H3,(H,16,17)/t7-,12+/m1/s1. The van der Waals surface area contributed by atoms with E-state index in [1.807, 2.05) is 0 Å². The Balaban J connectivity index is 2.23. The smallest absolute Gasteiger partial charge is 0.310 e. The molecule has 0 aliphatic heterocycles. The number of carbonyl (C=O) groups is 2. The van der Waals surface area contributed by atoms with Crippen molar-refractivity contribution in [3.8, 4) is 0 Å². The molecule has 1 saturated carbocycles. The van der Waals surface area contributed by atoms with E-state index in [0.717, 1.165) is 0 Å². The summed E-state index contributed by atoms with van der Waals surface area (Å²) in [7, 11) is 0. The van der Waals surface area contributed by atoms with Crippen LogP contribution in [0.25, 0.3) is 0 Å². The lowest BCUT2D eigenvalue weighted by Crippen LogP contribution is -2.17. The second-order valence-corrected chi connectivity index (χ2v) is 5.29. The molecular weight excluding hydrogens is 263 g/mol. The van der Waals surface area contributed by atoms with Crippen molar-refractivity contribution in [3.05, 3.63) is 33.8 Å². The lowest BCUT2D eigenvalue weighted by molar-refractivity contribution is -0.143. The molecular formula is C12H10Cl2O3. The maximum absolute atomic E-state index is 12.0. The van der Waals surface area contributed by atoms with Gasteiger partial charge < -0.3 is 5.11 Å². The van der Waals surface area contributed by atoms with E-state index < -0.39 is 17.3 Å². The van der Waals surface area contributed by atoms with Crippen molar-refractivity contribution in [2.75, 3.05) is 0 Å². The molecule has 0 unspecified atom stereocenters. The number of hydrogen-bond acceptors (Lipinski definition) is 2. The summed E-state index contributed by atoms with van der Waals surface area (Å²) in [6.45, 7) is 1.58. The first-order valence-electron chi connectivity index (χ1n) is 5.09. The Morgan fingerprint density at radius 1 is 1.35 bits per heavy atom. The highest BCUT2D eigenvalue weighted by Gasteiger charge is 2.60. The minimum atomic E-state index is -0.934. The summed E-state index contributed by atoms with van der Waals surface area (Å²) in [5.74, 6) is -1.58. The van der Waals surface area contributed by atoms with Gasteiger partial charge in [0.05, 0.1) is 15.5 Å². The molecule has 1 aliphatic carbocycles. The van der Waals surface area contributed by atoms with Crippen molar-refractivity contribution in [3.63, 3.8) is 0 Å². The van der Waals surface area contributed by atoms with E-state index in [1.54, 1.807) is 13.0 Å². The highest BCUT2D eigenvalue weighted by Crippen LogP contribution is 2.53. The number of aliphatic carboxylic acids is 1. The SMILES string of the molecule is C[C@]1(C(=O)O)C[C@@H]1C(=O)c1ccc(Cl)c(Cl)c1. The number of hydrogen-bond donors (Lipinski definition) is 1. The molecule has 1 N–H and O–H groups in total. The monoisotopic (exact) mass is 272 g/mol. The molecule has 0 heterocycles. The van der Waals surface area contributed by atoms with Crippen molar-refractivity contribution in [2.45, 2.75) is 13.3 Å². The minimum Gasteiger partial charge on any atom is -0.481 e. The molecule has 17 heavy (non-hydrogen) atoms. The molecule has 5 heteroatoms. The molecule has 1 aliphatic rings. The maximum Gasteiger partial charge on any atom is 0.310 e. The van der Waals surface area contributed by atoms with Gasteiger partial charge in [0.1, 0.15) is 0 Å². The van der Waals surface area contributed by atoms with Gasteiger partial charge in [0, 0.05) is 11.5 Å². The number of ketones is 1. The maximum atomic E-state index is 12.0. The van der Waals surface area contributed by atoms with Gasteiger partial charge in [0.2, 0.25) is 0 Å². The van der Waals surface area contributed by atoms with Crippen LogP contribution in [0, 0.1) is 11.3 Å². The van der Waals surface area contributed by atoms with Crippen LogP contribution >= 0.6 is 23.2 Å². The fourth-order valence-electron chi connectivity index (χ4n) is 1.83. The largest absolute Gasteiger partial charge is 0.481 e. The molecule has 0 amide bonds. The molecule has 2 atom stereocenters. The lowest BCUT2D eigenvalue weighted by atomic mass is 10.00. The van der Waals surface area contributed by atoms with E-state index >= 15 is 0 Å². The first-order valence-corrected chi connectivity index (χ1v) is 5.84. The van der Waals surface area contributed by atoms with Gasteiger partial charge in [-0.15, -0.1) is 0 Å². The van der Waals surface area contributed by atoms with E-state index in [-0.39, 0.29) is 5.78 Å². The molecule has 0 radical (unpaired) electrons. The molecule has 0 aromatic heterocycles. The summed E-state index contributed by atoms with van der Waals surface area (Å²) in [5, 5.41) is 9.65. The van der Waals surface area contributed by atoms with Crippen LogP contribution in [-0.4, -0.2) is 16.9 Å². The van der Waals surface area contributed by atoms with Crippen LogP contribution in [0.2, 0.25) is 10.0 Å². The fourth-order valence-corrected chi connectivity index (χ4v) is 2.13. The Bertz CT molecular complexity index is 512. The molecule has 0 bridgehead atoms. The van der Waals surface area contributed by atoms with Crippen molar-refractivity contribution in [2.24, 2.45) is 11.3 Å². The van der Waals surface area contributed by atoms with E-state index in [4.69, 9.17) is 28.3 Å². The fraction of sp³-hybridized carbons (Fsp3) is 0.333. The average Bonchev–Trinajstić information content (AvgIpc) is 2.95. The van der Waals surface area contributed by atoms with E-state index in [9.17, 15) is 9.59 Å². The topological polar surface area (TPSA) is 54.4 Å². The number of benzene rings is 1. The Morgan fingerprint density at radius 2 is 2.00 bits per heavy atom. The number of rotatable bonds is 3. The molecule has 3 nitrogen and oxygen atoms in total. The highest BCUT2D eigenvalue weighted by atomic mass is 35.5. The number of carboxylic acids is 1. The Morgan fingerprint density at radius 3 is 2.47 bits per heavy atom. The highest BCUT2D eigenvalue weighted by molar-refractivity contribution is 6.42. The molecule has 1 aromatic carbocycles. The first-order chi connectivity index (χ1) is 7.86. The molecule has 90 valence electrons. The Hall–Kier alpha value is -1.06. The Labute approximate surface area is 108 Å². The zero-order chi connectivity index (χ0) is 12.8. The van der Waals surface area contributed by atoms with Gasteiger partial charge in [0.25, 0.3) is 0 Å².